The van der Waals surface area contributed by atoms with Crippen LogP contribution >= 0.6 is 0 Å². The van der Waals surface area contributed by atoms with E-state index in [0.717, 1.165) is 6.54 Å². The van der Waals surface area contributed by atoms with E-state index in [1.807, 2.05) is 20.8 Å². The highest BCUT2D eigenvalue weighted by molar-refractivity contribution is 7.89. The standard InChI is InChI=1S/C13H26N4O3S/c1-6-14-7-11-13(10(4)15-16-11)21(18,19)17-12(8-20-5)9(2)3/h9,12,14,17H,6-8H2,1-5H3,(H,15,16). The lowest BCUT2D eigenvalue weighted by molar-refractivity contribution is 0.157. The molecular weight excluding hydrogens is 292 g/mol. The fourth-order valence-corrected chi connectivity index (χ4v) is 3.72. The summed E-state index contributed by atoms with van der Waals surface area (Å²) in [6.45, 7) is 9.06. The normalized spacial score (nSPS) is 13.8. The van der Waals surface area contributed by atoms with Crippen LogP contribution in [0.5, 0.6) is 0 Å². The Morgan fingerprint density at radius 3 is 2.57 bits per heavy atom. The maximum absolute atomic E-state index is 12.6. The molecule has 0 aliphatic heterocycles. The van der Waals surface area contributed by atoms with Crippen molar-refractivity contribution in [3.63, 3.8) is 0 Å². The Labute approximate surface area is 126 Å². The highest BCUT2D eigenvalue weighted by Crippen LogP contribution is 2.19. The first-order chi connectivity index (χ1) is 9.83. The van der Waals surface area contributed by atoms with E-state index in [-0.39, 0.29) is 16.9 Å². The van der Waals surface area contributed by atoms with Gasteiger partial charge in [0.2, 0.25) is 10.0 Å². The molecule has 0 amide bonds. The molecule has 21 heavy (non-hydrogen) atoms. The van der Waals surface area contributed by atoms with Gasteiger partial charge in [0, 0.05) is 19.7 Å². The summed E-state index contributed by atoms with van der Waals surface area (Å²) < 4.78 is 33.1. The number of aromatic nitrogens is 2. The van der Waals surface area contributed by atoms with E-state index in [2.05, 4.69) is 20.2 Å². The van der Waals surface area contributed by atoms with Gasteiger partial charge in [-0.2, -0.15) is 5.10 Å². The SMILES string of the molecule is CCNCc1n[nH]c(C)c1S(=O)(=O)NC(COC)C(C)C. The number of aryl methyl sites for hydroxylation is 1. The Kier molecular flexibility index (Phi) is 6.79. The molecule has 0 bridgehead atoms. The predicted molar refractivity (Wildman–Crippen MR) is 81.5 cm³/mol. The van der Waals surface area contributed by atoms with Gasteiger partial charge in [-0.05, 0) is 19.4 Å². The van der Waals surface area contributed by atoms with Crippen molar-refractivity contribution in [2.24, 2.45) is 5.92 Å². The number of hydrogen-bond acceptors (Lipinski definition) is 5. The Balaban J connectivity index is 3.04. The summed E-state index contributed by atoms with van der Waals surface area (Å²) in [6, 6.07) is -0.277. The number of rotatable bonds is 9. The Morgan fingerprint density at radius 1 is 1.38 bits per heavy atom. The lowest BCUT2D eigenvalue weighted by Crippen LogP contribution is -2.42. The molecule has 122 valence electrons. The summed E-state index contributed by atoms with van der Waals surface area (Å²) in [4.78, 5) is 0.227. The van der Waals surface area contributed by atoms with Gasteiger partial charge in [-0.25, -0.2) is 13.1 Å². The molecule has 7 nitrogen and oxygen atoms in total. The van der Waals surface area contributed by atoms with E-state index in [9.17, 15) is 8.42 Å². The molecule has 0 spiro atoms. The van der Waals surface area contributed by atoms with Crippen molar-refractivity contribution in [2.75, 3.05) is 20.3 Å². The Bertz CT molecular complexity index is 540. The van der Waals surface area contributed by atoms with Crippen molar-refractivity contribution in [3.05, 3.63) is 11.4 Å². The highest BCUT2D eigenvalue weighted by Gasteiger charge is 2.28. The van der Waals surface area contributed by atoms with Crippen LogP contribution < -0.4 is 10.0 Å². The molecule has 0 saturated carbocycles. The largest absolute Gasteiger partial charge is 0.383 e. The van der Waals surface area contributed by atoms with E-state index in [1.54, 1.807) is 14.0 Å². The van der Waals surface area contributed by atoms with Crippen molar-refractivity contribution in [1.29, 1.82) is 0 Å². The minimum Gasteiger partial charge on any atom is -0.383 e. The lowest BCUT2D eigenvalue weighted by Gasteiger charge is -2.21. The van der Waals surface area contributed by atoms with Gasteiger partial charge in [-0.1, -0.05) is 20.8 Å². The molecule has 1 aromatic rings. The Morgan fingerprint density at radius 2 is 2.05 bits per heavy atom. The molecule has 1 aromatic heterocycles. The van der Waals surface area contributed by atoms with Gasteiger partial charge in [0.25, 0.3) is 0 Å². The number of nitrogens with zero attached hydrogens (tertiary/aromatic N) is 1. The molecule has 1 atom stereocenters. The Hall–Kier alpha value is -0.960. The van der Waals surface area contributed by atoms with Gasteiger partial charge in [0.15, 0.2) is 0 Å². The molecule has 0 radical (unpaired) electrons. The number of ether oxygens (including phenoxy) is 1. The first-order valence-corrected chi connectivity index (χ1v) is 8.57. The zero-order valence-electron chi connectivity index (χ0n) is 13.4. The predicted octanol–water partition coefficient (Wildman–Crippen LogP) is 0.777. The number of methoxy groups -OCH3 is 1. The molecule has 0 aliphatic rings. The van der Waals surface area contributed by atoms with Crippen molar-refractivity contribution >= 4 is 10.0 Å². The second-order valence-electron chi connectivity index (χ2n) is 5.33. The summed E-state index contributed by atoms with van der Waals surface area (Å²) >= 11 is 0. The van der Waals surface area contributed by atoms with E-state index < -0.39 is 10.0 Å². The van der Waals surface area contributed by atoms with Crippen molar-refractivity contribution < 1.29 is 13.2 Å². The number of H-pyrrole nitrogens is 1. The van der Waals surface area contributed by atoms with Crippen molar-refractivity contribution in [2.45, 2.75) is 45.2 Å². The quantitative estimate of drug-likeness (QED) is 0.625. The van der Waals surface area contributed by atoms with Crippen LogP contribution in [-0.4, -0.2) is 44.9 Å². The van der Waals surface area contributed by atoms with Crippen LogP contribution in [0, 0.1) is 12.8 Å². The second kappa shape index (κ2) is 7.88. The summed E-state index contributed by atoms with van der Waals surface area (Å²) in [5.74, 6) is 0.129. The fourth-order valence-electron chi connectivity index (χ4n) is 1.99. The minimum atomic E-state index is -3.64. The molecule has 8 heteroatoms. The van der Waals surface area contributed by atoms with Gasteiger partial charge in [0.05, 0.1) is 18.0 Å². The fraction of sp³-hybridized carbons (Fsp3) is 0.769. The first kappa shape index (κ1) is 18.1. The molecule has 0 aliphatic carbocycles. The molecular formula is C13H26N4O3S. The van der Waals surface area contributed by atoms with Crippen LogP contribution in [0.3, 0.4) is 0 Å². The van der Waals surface area contributed by atoms with E-state index in [1.165, 1.54) is 0 Å². The summed E-state index contributed by atoms with van der Waals surface area (Å²) in [5.41, 5.74) is 1.04. The van der Waals surface area contributed by atoms with Crippen LogP contribution in [0.25, 0.3) is 0 Å². The van der Waals surface area contributed by atoms with E-state index >= 15 is 0 Å². The topological polar surface area (TPSA) is 96.1 Å². The van der Waals surface area contributed by atoms with Crippen molar-refractivity contribution in [3.8, 4) is 0 Å². The second-order valence-corrected chi connectivity index (χ2v) is 6.98. The van der Waals surface area contributed by atoms with Crippen LogP contribution in [0.15, 0.2) is 4.90 Å². The third-order valence-corrected chi connectivity index (χ3v) is 4.92. The average Bonchev–Trinajstić information content (AvgIpc) is 2.77. The van der Waals surface area contributed by atoms with Crippen LogP contribution in [0.4, 0.5) is 0 Å². The van der Waals surface area contributed by atoms with Gasteiger partial charge in [0.1, 0.15) is 4.90 Å². The smallest absolute Gasteiger partial charge is 0.244 e. The number of nitrogens with one attached hydrogen (secondary N) is 3. The number of hydrogen-bond donors (Lipinski definition) is 3. The van der Waals surface area contributed by atoms with Crippen LogP contribution in [0.2, 0.25) is 0 Å². The molecule has 0 aromatic carbocycles. The minimum absolute atomic E-state index is 0.129. The zero-order chi connectivity index (χ0) is 16.0. The molecule has 3 N–H and O–H groups in total. The molecule has 1 rings (SSSR count). The van der Waals surface area contributed by atoms with E-state index in [0.29, 0.717) is 24.5 Å². The maximum atomic E-state index is 12.6. The lowest BCUT2D eigenvalue weighted by atomic mass is 10.1. The highest BCUT2D eigenvalue weighted by atomic mass is 32.2. The molecule has 1 unspecified atom stereocenters. The average molecular weight is 318 g/mol. The summed E-state index contributed by atoms with van der Waals surface area (Å²) in [5, 5.41) is 9.92. The molecule has 0 fully saturated rings. The van der Waals surface area contributed by atoms with Gasteiger partial charge < -0.3 is 10.1 Å². The van der Waals surface area contributed by atoms with Crippen LogP contribution in [0.1, 0.15) is 32.2 Å². The molecule has 1 heterocycles. The monoisotopic (exact) mass is 318 g/mol. The third-order valence-electron chi connectivity index (χ3n) is 3.23. The number of sulfonamides is 1. The summed E-state index contributed by atoms with van der Waals surface area (Å²) in [6.07, 6.45) is 0. The first-order valence-electron chi connectivity index (χ1n) is 7.09. The van der Waals surface area contributed by atoms with Gasteiger partial charge in [-0.15, -0.1) is 0 Å². The molecule has 0 saturated heterocycles. The van der Waals surface area contributed by atoms with Gasteiger partial charge in [-0.3, -0.25) is 5.10 Å². The van der Waals surface area contributed by atoms with Crippen LogP contribution in [-0.2, 0) is 21.3 Å². The van der Waals surface area contributed by atoms with Gasteiger partial charge >= 0.3 is 0 Å². The third kappa shape index (κ3) is 4.77. The van der Waals surface area contributed by atoms with E-state index in [4.69, 9.17) is 4.74 Å². The maximum Gasteiger partial charge on any atom is 0.244 e. The summed E-state index contributed by atoms with van der Waals surface area (Å²) in [7, 11) is -2.08. The zero-order valence-corrected chi connectivity index (χ0v) is 14.2. The number of aromatic amines is 1. The van der Waals surface area contributed by atoms with Crippen molar-refractivity contribution in [1.82, 2.24) is 20.2 Å².